The van der Waals surface area contributed by atoms with Crippen LogP contribution in [0.5, 0.6) is 0 Å². The number of pyridine rings is 1. The van der Waals surface area contributed by atoms with Crippen LogP contribution >= 0.6 is 0 Å². The Hall–Kier alpha value is -1.74. The van der Waals surface area contributed by atoms with Crippen molar-refractivity contribution in [1.82, 2.24) is 9.88 Å². The van der Waals surface area contributed by atoms with E-state index in [1.165, 1.54) is 0 Å². The molecule has 0 aliphatic rings. The van der Waals surface area contributed by atoms with Gasteiger partial charge in [0.15, 0.2) is 0 Å². The van der Waals surface area contributed by atoms with Crippen LogP contribution in [0.4, 0.5) is 0 Å². The standard InChI is InChI=1S/C13H16N2O/c1-3-8-15(9-4-2)13(11-16)12-6-5-7-14-10-12/h3-7,10-11,13H,1-2,8-9H2. The van der Waals surface area contributed by atoms with E-state index >= 15 is 0 Å². The third kappa shape index (κ3) is 3.14. The van der Waals surface area contributed by atoms with Gasteiger partial charge in [-0.1, -0.05) is 18.2 Å². The van der Waals surface area contributed by atoms with E-state index in [1.54, 1.807) is 24.5 Å². The van der Waals surface area contributed by atoms with Crippen molar-refractivity contribution in [1.29, 1.82) is 0 Å². The predicted octanol–water partition coefficient (Wildman–Crippen LogP) is 2.00. The predicted molar refractivity (Wildman–Crippen MR) is 65.0 cm³/mol. The highest BCUT2D eigenvalue weighted by Gasteiger charge is 2.17. The van der Waals surface area contributed by atoms with E-state index in [2.05, 4.69) is 18.1 Å². The van der Waals surface area contributed by atoms with Gasteiger partial charge >= 0.3 is 0 Å². The number of rotatable bonds is 7. The largest absolute Gasteiger partial charge is 0.301 e. The Morgan fingerprint density at radius 1 is 1.38 bits per heavy atom. The van der Waals surface area contributed by atoms with Gasteiger partial charge in [0.2, 0.25) is 0 Å². The SMILES string of the molecule is C=CCN(CC=C)C(C=O)c1cccnc1. The Morgan fingerprint density at radius 2 is 2.06 bits per heavy atom. The zero-order valence-electron chi connectivity index (χ0n) is 9.25. The van der Waals surface area contributed by atoms with Crippen molar-refractivity contribution in [3.8, 4) is 0 Å². The minimum absolute atomic E-state index is 0.287. The molecular weight excluding hydrogens is 200 g/mol. The summed E-state index contributed by atoms with van der Waals surface area (Å²) in [6, 6.07) is 3.43. The van der Waals surface area contributed by atoms with Gasteiger partial charge < -0.3 is 4.79 Å². The fourth-order valence-electron chi connectivity index (χ4n) is 1.56. The lowest BCUT2D eigenvalue weighted by molar-refractivity contribution is -0.112. The number of aldehydes is 1. The van der Waals surface area contributed by atoms with Crippen LogP contribution in [0.15, 0.2) is 49.8 Å². The third-order valence-electron chi connectivity index (χ3n) is 2.28. The van der Waals surface area contributed by atoms with Crippen molar-refractivity contribution in [3.05, 3.63) is 55.4 Å². The summed E-state index contributed by atoms with van der Waals surface area (Å²) in [7, 11) is 0. The van der Waals surface area contributed by atoms with Crippen LogP contribution in [0, 0.1) is 0 Å². The first kappa shape index (κ1) is 12.3. The Morgan fingerprint density at radius 3 is 2.50 bits per heavy atom. The highest BCUT2D eigenvalue weighted by Crippen LogP contribution is 2.17. The minimum Gasteiger partial charge on any atom is -0.301 e. The third-order valence-corrected chi connectivity index (χ3v) is 2.28. The maximum atomic E-state index is 11.2. The van der Waals surface area contributed by atoms with E-state index in [-0.39, 0.29) is 6.04 Å². The summed E-state index contributed by atoms with van der Waals surface area (Å²) in [6.45, 7) is 8.66. The fourth-order valence-corrected chi connectivity index (χ4v) is 1.56. The molecule has 0 saturated carbocycles. The molecule has 3 heteroatoms. The number of hydrogen-bond acceptors (Lipinski definition) is 3. The Kier molecular flexibility index (Phi) is 5.16. The summed E-state index contributed by atoms with van der Waals surface area (Å²) in [5.41, 5.74) is 0.890. The summed E-state index contributed by atoms with van der Waals surface area (Å²) < 4.78 is 0. The first-order valence-corrected chi connectivity index (χ1v) is 5.14. The van der Waals surface area contributed by atoms with E-state index < -0.39 is 0 Å². The number of aromatic nitrogens is 1. The summed E-state index contributed by atoms with van der Waals surface area (Å²) in [4.78, 5) is 17.2. The maximum Gasteiger partial charge on any atom is 0.141 e. The monoisotopic (exact) mass is 216 g/mol. The highest BCUT2D eigenvalue weighted by molar-refractivity contribution is 5.61. The molecule has 1 heterocycles. The number of carbonyl (C=O) groups excluding carboxylic acids is 1. The molecule has 0 fully saturated rings. The molecule has 84 valence electrons. The van der Waals surface area contributed by atoms with Gasteiger partial charge in [0, 0.05) is 25.5 Å². The normalized spacial score (nSPS) is 12.1. The average molecular weight is 216 g/mol. The first-order chi connectivity index (χ1) is 7.83. The molecular formula is C13H16N2O. The quantitative estimate of drug-likeness (QED) is 0.516. The molecule has 1 unspecified atom stereocenters. The molecule has 0 aromatic carbocycles. The second-order valence-corrected chi connectivity index (χ2v) is 3.40. The second kappa shape index (κ2) is 6.69. The maximum absolute atomic E-state index is 11.2. The van der Waals surface area contributed by atoms with Crippen molar-refractivity contribution in [2.75, 3.05) is 13.1 Å². The molecule has 0 N–H and O–H groups in total. The molecule has 0 aliphatic heterocycles. The highest BCUT2D eigenvalue weighted by atomic mass is 16.1. The summed E-state index contributed by atoms with van der Waals surface area (Å²) in [5.74, 6) is 0. The lowest BCUT2D eigenvalue weighted by atomic mass is 10.1. The van der Waals surface area contributed by atoms with E-state index in [1.807, 2.05) is 17.0 Å². The van der Waals surface area contributed by atoms with E-state index in [0.717, 1.165) is 11.8 Å². The van der Waals surface area contributed by atoms with Crippen LogP contribution in [-0.2, 0) is 4.79 Å². The van der Waals surface area contributed by atoms with Crippen molar-refractivity contribution in [2.24, 2.45) is 0 Å². The van der Waals surface area contributed by atoms with Gasteiger partial charge in [-0.15, -0.1) is 13.2 Å². The van der Waals surface area contributed by atoms with Crippen molar-refractivity contribution >= 4 is 6.29 Å². The second-order valence-electron chi connectivity index (χ2n) is 3.40. The minimum atomic E-state index is -0.287. The Labute approximate surface area is 96.1 Å². The Bertz CT molecular complexity index is 338. The topological polar surface area (TPSA) is 33.2 Å². The van der Waals surface area contributed by atoms with Crippen molar-refractivity contribution < 1.29 is 4.79 Å². The van der Waals surface area contributed by atoms with Gasteiger partial charge in [-0.25, -0.2) is 0 Å². The van der Waals surface area contributed by atoms with Crippen LogP contribution in [0.2, 0.25) is 0 Å². The van der Waals surface area contributed by atoms with Crippen LogP contribution in [-0.4, -0.2) is 29.3 Å². The molecule has 1 rings (SSSR count). The molecule has 0 amide bonds. The van der Waals surface area contributed by atoms with Gasteiger partial charge in [0.05, 0.1) is 6.04 Å². The molecule has 1 aromatic rings. The zero-order valence-corrected chi connectivity index (χ0v) is 9.25. The molecule has 16 heavy (non-hydrogen) atoms. The Balaban J connectivity index is 2.89. The molecule has 0 aliphatic carbocycles. The van der Waals surface area contributed by atoms with Crippen molar-refractivity contribution in [2.45, 2.75) is 6.04 Å². The lowest BCUT2D eigenvalue weighted by Gasteiger charge is -2.25. The molecule has 0 saturated heterocycles. The van der Waals surface area contributed by atoms with Crippen LogP contribution in [0.1, 0.15) is 11.6 Å². The van der Waals surface area contributed by atoms with Crippen LogP contribution in [0.25, 0.3) is 0 Å². The molecule has 1 atom stereocenters. The number of nitrogens with zero attached hydrogens (tertiary/aromatic N) is 2. The first-order valence-electron chi connectivity index (χ1n) is 5.14. The molecule has 3 nitrogen and oxygen atoms in total. The van der Waals surface area contributed by atoms with Crippen molar-refractivity contribution in [3.63, 3.8) is 0 Å². The lowest BCUT2D eigenvalue weighted by Crippen LogP contribution is -2.30. The van der Waals surface area contributed by atoms with E-state index in [4.69, 9.17) is 0 Å². The molecule has 0 spiro atoms. The van der Waals surface area contributed by atoms with Gasteiger partial charge in [-0.3, -0.25) is 9.88 Å². The van der Waals surface area contributed by atoms with E-state index in [9.17, 15) is 4.79 Å². The zero-order chi connectivity index (χ0) is 11.8. The number of hydrogen-bond donors (Lipinski definition) is 0. The number of carbonyl (C=O) groups is 1. The summed E-state index contributed by atoms with van der Waals surface area (Å²) in [6.07, 6.45) is 7.87. The smallest absolute Gasteiger partial charge is 0.141 e. The summed E-state index contributed by atoms with van der Waals surface area (Å²) >= 11 is 0. The van der Waals surface area contributed by atoms with Crippen LogP contribution in [0.3, 0.4) is 0 Å². The van der Waals surface area contributed by atoms with Crippen LogP contribution < -0.4 is 0 Å². The molecule has 0 radical (unpaired) electrons. The summed E-state index contributed by atoms with van der Waals surface area (Å²) in [5, 5.41) is 0. The fraction of sp³-hybridized carbons (Fsp3) is 0.231. The molecule has 0 bridgehead atoms. The van der Waals surface area contributed by atoms with Gasteiger partial charge in [0.1, 0.15) is 6.29 Å². The van der Waals surface area contributed by atoms with Gasteiger partial charge in [-0.2, -0.15) is 0 Å². The molecule has 1 aromatic heterocycles. The van der Waals surface area contributed by atoms with E-state index in [0.29, 0.717) is 13.1 Å². The average Bonchev–Trinajstić information content (AvgIpc) is 2.32. The van der Waals surface area contributed by atoms with Gasteiger partial charge in [-0.05, 0) is 11.6 Å². The van der Waals surface area contributed by atoms with Gasteiger partial charge in [0.25, 0.3) is 0 Å².